The third-order valence-corrected chi connectivity index (χ3v) is 11.1. The number of benzene rings is 3. The van der Waals surface area contributed by atoms with Gasteiger partial charge in [-0.1, -0.05) is 55.5 Å². The van der Waals surface area contributed by atoms with Crippen LogP contribution in [-0.2, 0) is 16.4 Å². The second-order valence-electron chi connectivity index (χ2n) is 11.4. The predicted octanol–water partition coefficient (Wildman–Crippen LogP) is 6.17. The number of aromatic hydroxyl groups is 1. The lowest BCUT2D eigenvalue weighted by Crippen LogP contribution is -2.50. The van der Waals surface area contributed by atoms with Gasteiger partial charge in [-0.15, -0.1) is 0 Å². The summed E-state index contributed by atoms with van der Waals surface area (Å²) in [5.41, 5.74) is 3.37. The minimum Gasteiger partial charge on any atom is -0.502 e. The quantitative estimate of drug-likeness (QED) is 0.302. The number of fused-ring (bicyclic) bond motifs is 5. The lowest BCUT2D eigenvalue weighted by molar-refractivity contribution is -0.386. The van der Waals surface area contributed by atoms with Gasteiger partial charge < -0.3 is 5.11 Å². The molecule has 0 radical (unpaired) electrons. The second-order valence-corrected chi connectivity index (χ2v) is 13.1. The van der Waals surface area contributed by atoms with E-state index in [0.29, 0.717) is 23.8 Å². The molecular weight excluding hydrogens is 500 g/mol. The van der Waals surface area contributed by atoms with Crippen molar-refractivity contribution in [1.82, 2.24) is 4.72 Å². The van der Waals surface area contributed by atoms with E-state index in [1.165, 1.54) is 6.07 Å². The van der Waals surface area contributed by atoms with Crippen LogP contribution < -0.4 is 4.72 Å². The Morgan fingerprint density at radius 2 is 1.66 bits per heavy atom. The van der Waals surface area contributed by atoms with Gasteiger partial charge in [0.05, 0.1) is 9.82 Å². The molecule has 3 aliphatic carbocycles. The Morgan fingerprint density at radius 1 is 0.947 bits per heavy atom. The third-order valence-electron chi connectivity index (χ3n) is 9.61. The predicted molar refractivity (Wildman–Crippen MR) is 145 cm³/mol. The van der Waals surface area contributed by atoms with Gasteiger partial charge in [-0.25, -0.2) is 13.1 Å². The normalized spacial score (nSPS) is 28.2. The van der Waals surface area contributed by atoms with E-state index in [9.17, 15) is 23.6 Å². The summed E-state index contributed by atoms with van der Waals surface area (Å²) < 4.78 is 29.9. The van der Waals surface area contributed by atoms with Crippen molar-refractivity contribution in [3.63, 3.8) is 0 Å². The van der Waals surface area contributed by atoms with E-state index < -0.39 is 14.9 Å². The average Bonchev–Trinajstić information content (AvgIpc) is 3.24. The van der Waals surface area contributed by atoms with Crippen LogP contribution in [0.15, 0.2) is 71.6 Å². The molecule has 0 aliphatic heterocycles. The number of rotatable bonds is 5. The minimum atomic E-state index is -3.68. The molecule has 8 heteroatoms. The fourth-order valence-corrected chi connectivity index (χ4v) is 9.14. The highest BCUT2D eigenvalue weighted by Gasteiger charge is 2.56. The number of hydrogen-bond acceptors (Lipinski definition) is 5. The highest BCUT2D eigenvalue weighted by atomic mass is 32.2. The highest BCUT2D eigenvalue weighted by molar-refractivity contribution is 7.89. The van der Waals surface area contributed by atoms with E-state index in [4.69, 9.17) is 0 Å². The molecule has 2 saturated carbocycles. The summed E-state index contributed by atoms with van der Waals surface area (Å²) in [6.07, 6.45) is 4.83. The summed E-state index contributed by atoms with van der Waals surface area (Å²) in [4.78, 5) is 11.5. The van der Waals surface area contributed by atoms with Gasteiger partial charge in [-0.3, -0.25) is 10.1 Å². The second kappa shape index (κ2) is 9.20. The van der Waals surface area contributed by atoms with Gasteiger partial charge in [-0.05, 0) is 96.6 Å². The zero-order valence-corrected chi connectivity index (χ0v) is 22.2. The summed E-state index contributed by atoms with van der Waals surface area (Å²) in [5.74, 6) is 0.637. The van der Waals surface area contributed by atoms with E-state index in [2.05, 4.69) is 11.6 Å². The van der Waals surface area contributed by atoms with Crippen LogP contribution in [0.3, 0.4) is 0 Å². The van der Waals surface area contributed by atoms with E-state index >= 15 is 0 Å². The van der Waals surface area contributed by atoms with Gasteiger partial charge in [0.15, 0.2) is 5.75 Å². The maximum Gasteiger partial charge on any atom is 0.314 e. The van der Waals surface area contributed by atoms with Crippen LogP contribution in [0.5, 0.6) is 5.75 Å². The first kappa shape index (κ1) is 25.1. The van der Waals surface area contributed by atoms with Crippen LogP contribution in [0.1, 0.15) is 56.1 Å². The molecule has 0 heterocycles. The largest absolute Gasteiger partial charge is 0.502 e. The molecule has 0 spiro atoms. The molecular formula is C30H32N2O5S. The van der Waals surface area contributed by atoms with E-state index in [0.717, 1.165) is 48.8 Å². The molecule has 3 aliphatic rings. The van der Waals surface area contributed by atoms with Crippen molar-refractivity contribution in [2.75, 3.05) is 0 Å². The van der Waals surface area contributed by atoms with Crippen molar-refractivity contribution >= 4 is 15.7 Å². The molecule has 2 fully saturated rings. The standard InChI is InChI=1S/C30H32N2O5S/c1-30-18-17-23-22-13-15-27(33)29(32(34)35)25(22)12-11-24(23)26(30)14-16-28(30)31-38(36,37)21-9-7-20(8-10-21)19-5-3-2-4-6-19/h2-10,13,15,23-24,26,28,31,33H,11-12,14,16-18H2,1H3/t23-,24-,26+,28+,30+/m1/s1. The Morgan fingerprint density at radius 3 is 2.37 bits per heavy atom. The summed E-state index contributed by atoms with van der Waals surface area (Å²) in [6.45, 7) is 2.22. The lowest BCUT2D eigenvalue weighted by Gasteiger charge is -2.50. The molecule has 5 atom stereocenters. The third kappa shape index (κ3) is 4.01. The van der Waals surface area contributed by atoms with Crippen LogP contribution in [0.4, 0.5) is 5.69 Å². The molecule has 6 rings (SSSR count). The number of nitrogens with zero attached hydrogens (tertiary/aromatic N) is 1. The van der Waals surface area contributed by atoms with Crippen molar-refractivity contribution in [1.29, 1.82) is 0 Å². The number of sulfonamides is 1. The van der Waals surface area contributed by atoms with Crippen LogP contribution in [-0.4, -0.2) is 24.5 Å². The van der Waals surface area contributed by atoms with Crippen molar-refractivity contribution in [3.8, 4) is 16.9 Å². The topological polar surface area (TPSA) is 110 Å². The zero-order chi connectivity index (χ0) is 26.7. The summed E-state index contributed by atoms with van der Waals surface area (Å²) in [5, 5.41) is 21.8. The summed E-state index contributed by atoms with van der Waals surface area (Å²) in [6, 6.07) is 20.1. The maximum atomic E-state index is 13.4. The zero-order valence-electron chi connectivity index (χ0n) is 21.3. The molecule has 7 nitrogen and oxygen atoms in total. The molecule has 0 amide bonds. The van der Waals surface area contributed by atoms with Crippen LogP contribution in [0.25, 0.3) is 11.1 Å². The number of hydrogen-bond donors (Lipinski definition) is 2. The van der Waals surface area contributed by atoms with Gasteiger partial charge in [-0.2, -0.15) is 0 Å². The van der Waals surface area contributed by atoms with E-state index in [1.807, 2.05) is 48.5 Å². The lowest BCUT2D eigenvalue weighted by atomic mass is 9.55. The Labute approximate surface area is 223 Å². The van der Waals surface area contributed by atoms with Gasteiger partial charge >= 0.3 is 5.69 Å². The summed E-state index contributed by atoms with van der Waals surface area (Å²) in [7, 11) is -3.68. The minimum absolute atomic E-state index is 0.148. The van der Waals surface area contributed by atoms with Gasteiger partial charge in [0.1, 0.15) is 0 Å². The van der Waals surface area contributed by atoms with Gasteiger partial charge in [0.25, 0.3) is 0 Å². The number of nitro benzene ring substituents is 1. The first-order valence-electron chi connectivity index (χ1n) is 13.4. The highest BCUT2D eigenvalue weighted by Crippen LogP contribution is 2.61. The smallest absolute Gasteiger partial charge is 0.314 e. The van der Waals surface area contributed by atoms with E-state index in [-0.39, 0.29) is 33.7 Å². The number of phenolic OH excluding ortho intramolecular Hbond substituents is 1. The molecule has 3 aromatic rings. The Hall–Kier alpha value is -3.23. The number of phenols is 1. The first-order valence-corrected chi connectivity index (χ1v) is 14.8. The van der Waals surface area contributed by atoms with Gasteiger partial charge in [0.2, 0.25) is 10.0 Å². The molecule has 198 valence electrons. The fourth-order valence-electron chi connectivity index (χ4n) is 7.75. The van der Waals surface area contributed by atoms with Crippen molar-refractivity contribution in [2.45, 2.75) is 62.3 Å². The van der Waals surface area contributed by atoms with Crippen LogP contribution in [0.2, 0.25) is 0 Å². The Balaban J connectivity index is 1.22. The molecule has 0 bridgehead atoms. The Kier molecular flexibility index (Phi) is 6.07. The molecule has 2 N–H and O–H groups in total. The molecule has 3 aromatic carbocycles. The SMILES string of the molecule is C[C@]12CC[C@@H]3c4ccc(O)c([N+](=O)[O-])c4CC[C@H]3[C@@H]1CC[C@@H]2NS(=O)(=O)c1ccc(-c2ccccc2)cc1. The number of nitro groups is 1. The first-order chi connectivity index (χ1) is 18.2. The monoisotopic (exact) mass is 532 g/mol. The van der Waals surface area contributed by atoms with Crippen LogP contribution in [0, 0.1) is 27.4 Å². The van der Waals surface area contributed by atoms with Gasteiger partial charge in [0, 0.05) is 11.6 Å². The average molecular weight is 533 g/mol. The molecule has 0 saturated heterocycles. The van der Waals surface area contributed by atoms with Crippen LogP contribution >= 0.6 is 0 Å². The molecule has 0 aromatic heterocycles. The van der Waals surface area contributed by atoms with Crippen molar-refractivity contribution in [2.24, 2.45) is 17.3 Å². The molecule has 0 unspecified atom stereocenters. The Bertz CT molecular complexity index is 1490. The van der Waals surface area contributed by atoms with Crippen molar-refractivity contribution in [3.05, 3.63) is 88.0 Å². The maximum absolute atomic E-state index is 13.4. The summed E-state index contributed by atoms with van der Waals surface area (Å²) >= 11 is 0. The van der Waals surface area contributed by atoms with Crippen molar-refractivity contribution < 1.29 is 18.4 Å². The number of nitrogens with one attached hydrogen (secondary N) is 1. The molecule has 38 heavy (non-hydrogen) atoms. The fraction of sp³-hybridized carbons (Fsp3) is 0.400. The van der Waals surface area contributed by atoms with E-state index in [1.54, 1.807) is 12.1 Å².